The number of para-hydroxylation sites is 2. The Bertz CT molecular complexity index is 1500. The van der Waals surface area contributed by atoms with Gasteiger partial charge in [-0.15, -0.1) is 0 Å². The van der Waals surface area contributed by atoms with Gasteiger partial charge in [-0.1, -0.05) is 72.3 Å². The highest BCUT2D eigenvalue weighted by atomic mass is 35.5. The molecule has 0 bridgehead atoms. The summed E-state index contributed by atoms with van der Waals surface area (Å²) in [5.74, 6) is -0.210. The summed E-state index contributed by atoms with van der Waals surface area (Å²) in [5.41, 5.74) is 5.49. The quantitative estimate of drug-likeness (QED) is 0.282. The molecule has 0 aliphatic rings. The average molecular weight is 482 g/mol. The van der Waals surface area contributed by atoms with Crippen molar-refractivity contribution in [1.82, 2.24) is 15.2 Å². The number of aromatic nitrogens is 3. The zero-order valence-corrected chi connectivity index (χ0v) is 20.1. The van der Waals surface area contributed by atoms with Crippen molar-refractivity contribution in [2.75, 3.05) is 17.3 Å². The first-order valence-electron chi connectivity index (χ1n) is 11.3. The van der Waals surface area contributed by atoms with E-state index in [0.717, 1.165) is 33.4 Å². The van der Waals surface area contributed by atoms with Gasteiger partial charge in [0, 0.05) is 29.2 Å². The zero-order chi connectivity index (χ0) is 24.4. The summed E-state index contributed by atoms with van der Waals surface area (Å²) in [4.78, 5) is 19.8. The molecule has 1 atom stereocenters. The summed E-state index contributed by atoms with van der Waals surface area (Å²) in [5, 5.41) is 11.8. The lowest BCUT2D eigenvalue weighted by molar-refractivity contribution is 0.102. The number of fused-ring (bicyclic) bond motifs is 1. The molecule has 0 aliphatic carbocycles. The normalized spacial score (nSPS) is 11.9. The summed E-state index contributed by atoms with van der Waals surface area (Å²) in [6, 6.07) is 27.0. The topological polar surface area (TPSA) is 73.9 Å². The first kappa shape index (κ1) is 22.6. The predicted octanol–water partition coefficient (Wildman–Crippen LogP) is 6.73. The summed E-state index contributed by atoms with van der Waals surface area (Å²) < 4.78 is 0. The highest BCUT2D eigenvalue weighted by Crippen LogP contribution is 2.37. The fourth-order valence-corrected chi connectivity index (χ4v) is 4.53. The van der Waals surface area contributed by atoms with E-state index in [1.54, 1.807) is 6.20 Å². The van der Waals surface area contributed by atoms with E-state index >= 15 is 0 Å². The van der Waals surface area contributed by atoms with Gasteiger partial charge in [-0.25, -0.2) is 0 Å². The van der Waals surface area contributed by atoms with Crippen molar-refractivity contribution in [1.29, 1.82) is 0 Å². The molecule has 1 unspecified atom stereocenters. The van der Waals surface area contributed by atoms with Crippen LogP contribution in [0.3, 0.4) is 0 Å². The predicted molar refractivity (Wildman–Crippen MR) is 142 cm³/mol. The molecule has 35 heavy (non-hydrogen) atoms. The second-order valence-electron chi connectivity index (χ2n) is 8.34. The van der Waals surface area contributed by atoms with E-state index in [1.165, 1.54) is 0 Å². The molecule has 0 spiro atoms. The number of halogens is 1. The lowest BCUT2D eigenvalue weighted by Gasteiger charge is -2.29. The number of aromatic amines is 1. The van der Waals surface area contributed by atoms with Gasteiger partial charge in [0.25, 0.3) is 5.91 Å². The number of pyridine rings is 1. The summed E-state index contributed by atoms with van der Waals surface area (Å²) in [7, 11) is 1.95. The Balaban J connectivity index is 1.45. The van der Waals surface area contributed by atoms with Crippen molar-refractivity contribution in [3.8, 4) is 11.3 Å². The van der Waals surface area contributed by atoms with Crippen molar-refractivity contribution in [3.05, 3.63) is 107 Å². The lowest BCUT2D eigenvalue weighted by Crippen LogP contribution is -2.25. The Morgan fingerprint density at radius 3 is 2.54 bits per heavy atom. The number of rotatable bonds is 6. The van der Waals surface area contributed by atoms with Crippen LogP contribution >= 0.6 is 11.6 Å². The maximum atomic E-state index is 13.3. The minimum atomic E-state index is -0.210. The van der Waals surface area contributed by atoms with Gasteiger partial charge in [0.15, 0.2) is 0 Å². The number of hydrogen-bond acceptors (Lipinski definition) is 4. The highest BCUT2D eigenvalue weighted by molar-refractivity contribution is 6.30. The second-order valence-corrected chi connectivity index (χ2v) is 8.72. The van der Waals surface area contributed by atoms with Crippen LogP contribution in [0.15, 0.2) is 91.1 Å². The largest absolute Gasteiger partial charge is 0.367 e. The number of nitrogens with zero attached hydrogens (tertiary/aromatic N) is 3. The first-order chi connectivity index (χ1) is 17.0. The lowest BCUT2D eigenvalue weighted by atomic mass is 10.0. The molecule has 0 aliphatic heterocycles. The van der Waals surface area contributed by atoms with E-state index in [4.69, 9.17) is 11.6 Å². The van der Waals surface area contributed by atoms with E-state index < -0.39 is 0 Å². The SMILES string of the molecule is CC(c1c(-c2ccccc2)n[nH]c1Cl)N(C)c1ccccc1C(=O)Nc1cnc2ccccc2c1. The minimum absolute atomic E-state index is 0.159. The van der Waals surface area contributed by atoms with Crippen LogP contribution in [0.4, 0.5) is 11.4 Å². The molecule has 3 aromatic carbocycles. The van der Waals surface area contributed by atoms with Crippen molar-refractivity contribution < 1.29 is 4.79 Å². The molecular formula is C28H24ClN5O. The molecule has 5 aromatic rings. The van der Waals surface area contributed by atoms with Crippen LogP contribution in [0.5, 0.6) is 0 Å². The van der Waals surface area contributed by atoms with Gasteiger partial charge in [-0.2, -0.15) is 5.10 Å². The molecule has 6 nitrogen and oxygen atoms in total. The third-order valence-corrected chi connectivity index (χ3v) is 6.47. The van der Waals surface area contributed by atoms with Gasteiger partial charge in [-0.05, 0) is 31.2 Å². The molecule has 174 valence electrons. The van der Waals surface area contributed by atoms with Crippen LogP contribution < -0.4 is 10.2 Å². The monoisotopic (exact) mass is 481 g/mol. The number of carbonyl (C=O) groups is 1. The smallest absolute Gasteiger partial charge is 0.257 e. The summed E-state index contributed by atoms with van der Waals surface area (Å²) in [6.07, 6.45) is 1.67. The number of benzene rings is 3. The molecule has 0 radical (unpaired) electrons. The van der Waals surface area contributed by atoms with Gasteiger partial charge < -0.3 is 10.2 Å². The van der Waals surface area contributed by atoms with Gasteiger partial charge in [0.2, 0.25) is 0 Å². The van der Waals surface area contributed by atoms with Crippen LogP contribution in [-0.2, 0) is 0 Å². The molecule has 2 heterocycles. The van der Waals surface area contributed by atoms with E-state index in [9.17, 15) is 4.79 Å². The third-order valence-electron chi connectivity index (χ3n) is 6.18. The first-order valence-corrected chi connectivity index (χ1v) is 11.7. The molecule has 1 amide bonds. The average Bonchev–Trinajstić information content (AvgIpc) is 3.29. The van der Waals surface area contributed by atoms with Gasteiger partial charge in [-0.3, -0.25) is 14.9 Å². The second kappa shape index (κ2) is 9.60. The van der Waals surface area contributed by atoms with Crippen molar-refractivity contribution in [2.45, 2.75) is 13.0 Å². The van der Waals surface area contributed by atoms with Crippen LogP contribution in [0.25, 0.3) is 22.2 Å². The highest BCUT2D eigenvalue weighted by Gasteiger charge is 2.25. The fourth-order valence-electron chi connectivity index (χ4n) is 4.24. The molecular weight excluding hydrogens is 458 g/mol. The number of amides is 1. The molecule has 7 heteroatoms. The van der Waals surface area contributed by atoms with Crippen LogP contribution in [0.2, 0.25) is 5.15 Å². The standard InChI is InChI=1S/C28H24ClN5O/c1-18(25-26(32-33-27(25)29)19-10-4-3-5-11-19)34(2)24-15-9-7-13-22(24)28(35)31-21-16-20-12-6-8-14-23(20)30-17-21/h3-18H,1-2H3,(H,31,35)(H,32,33). The van der Waals surface area contributed by atoms with E-state index in [-0.39, 0.29) is 11.9 Å². The molecule has 2 N–H and O–H groups in total. The Labute approximate surface area is 208 Å². The minimum Gasteiger partial charge on any atom is -0.367 e. The molecule has 5 rings (SSSR count). The van der Waals surface area contributed by atoms with Gasteiger partial charge in [0.05, 0.1) is 34.7 Å². The fraction of sp³-hybridized carbons (Fsp3) is 0.107. The number of nitrogens with one attached hydrogen (secondary N) is 2. The van der Waals surface area contributed by atoms with Crippen molar-refractivity contribution >= 4 is 39.8 Å². The van der Waals surface area contributed by atoms with Crippen LogP contribution in [-0.4, -0.2) is 28.1 Å². The molecule has 0 saturated heterocycles. The van der Waals surface area contributed by atoms with Crippen molar-refractivity contribution in [3.63, 3.8) is 0 Å². The molecule has 0 saturated carbocycles. The maximum absolute atomic E-state index is 13.3. The van der Waals surface area contributed by atoms with E-state index in [2.05, 4.69) is 20.5 Å². The van der Waals surface area contributed by atoms with Crippen LogP contribution in [0, 0.1) is 0 Å². The Kier molecular flexibility index (Phi) is 6.21. The Morgan fingerprint density at radius 2 is 1.71 bits per heavy atom. The number of anilines is 2. The zero-order valence-electron chi connectivity index (χ0n) is 19.4. The van der Waals surface area contributed by atoms with Gasteiger partial charge >= 0.3 is 0 Å². The Hall–Kier alpha value is -4.16. The number of hydrogen-bond donors (Lipinski definition) is 2. The van der Waals surface area contributed by atoms with E-state index in [1.807, 2.05) is 104 Å². The number of carbonyl (C=O) groups excluding carboxylic acids is 1. The van der Waals surface area contributed by atoms with Crippen molar-refractivity contribution in [2.24, 2.45) is 0 Å². The molecule has 0 fully saturated rings. The Morgan fingerprint density at radius 1 is 1.00 bits per heavy atom. The summed E-state index contributed by atoms with van der Waals surface area (Å²) >= 11 is 6.55. The maximum Gasteiger partial charge on any atom is 0.257 e. The molecule has 2 aromatic heterocycles. The van der Waals surface area contributed by atoms with Gasteiger partial charge in [0.1, 0.15) is 5.15 Å². The van der Waals surface area contributed by atoms with Crippen LogP contribution in [0.1, 0.15) is 28.9 Å². The summed E-state index contributed by atoms with van der Waals surface area (Å²) in [6.45, 7) is 2.05. The number of H-pyrrole nitrogens is 1. The third kappa shape index (κ3) is 4.48. The van der Waals surface area contributed by atoms with E-state index in [0.29, 0.717) is 16.4 Å².